The van der Waals surface area contributed by atoms with E-state index in [4.69, 9.17) is 0 Å². The van der Waals surface area contributed by atoms with Crippen LogP contribution in [0.4, 0.5) is 13.2 Å². The fraction of sp³-hybridized carbons (Fsp3) is 0.300. The van der Waals surface area contributed by atoms with Crippen LogP contribution in [0.1, 0.15) is 6.92 Å². The van der Waals surface area contributed by atoms with E-state index in [0.717, 1.165) is 32.8 Å². The zero-order chi connectivity index (χ0) is 21.8. The van der Waals surface area contributed by atoms with Gasteiger partial charge in [0.2, 0.25) is 0 Å². The molecule has 0 saturated heterocycles. The number of aromatic nitrogens is 4. The minimum absolute atomic E-state index is 0.101. The number of thioether (sulfide) groups is 2. The lowest BCUT2D eigenvalue weighted by Gasteiger charge is -2.10. The minimum atomic E-state index is -4.35. The highest BCUT2D eigenvalue weighted by Gasteiger charge is 2.29. The van der Waals surface area contributed by atoms with Gasteiger partial charge in [0.25, 0.3) is 0 Å². The molecule has 0 fully saturated rings. The van der Waals surface area contributed by atoms with Gasteiger partial charge in [-0.05, 0) is 47.8 Å². The summed E-state index contributed by atoms with van der Waals surface area (Å²) in [5.74, 6) is 1.48. The van der Waals surface area contributed by atoms with E-state index >= 15 is 0 Å². The van der Waals surface area contributed by atoms with Gasteiger partial charge >= 0.3 is 11.2 Å². The SMILES string of the molecule is CCSc1cc2c(cc1-c1nc3cc(SC(F)(F)F)ccc3n1C)n(C)c(=O)n2C. The molecule has 4 aromatic rings. The quantitative estimate of drug-likeness (QED) is 0.402. The molecule has 2 aromatic carbocycles. The minimum Gasteiger partial charge on any atom is -0.327 e. The van der Waals surface area contributed by atoms with E-state index in [-0.39, 0.29) is 22.3 Å². The zero-order valence-electron chi connectivity index (χ0n) is 16.7. The molecule has 158 valence electrons. The van der Waals surface area contributed by atoms with Gasteiger partial charge in [-0.15, -0.1) is 11.8 Å². The van der Waals surface area contributed by atoms with Crippen molar-refractivity contribution >= 4 is 45.6 Å². The largest absolute Gasteiger partial charge is 0.446 e. The number of aryl methyl sites for hydroxylation is 3. The van der Waals surface area contributed by atoms with Gasteiger partial charge in [-0.1, -0.05) is 6.92 Å². The van der Waals surface area contributed by atoms with E-state index in [1.54, 1.807) is 41.1 Å². The number of hydrogen-bond acceptors (Lipinski definition) is 4. The standard InChI is InChI=1S/C20H19F3N4OS2/c1-5-29-17-10-16-15(26(3)19(28)27(16)4)9-12(17)18-24-13-8-11(30-20(21,22)23)6-7-14(13)25(18)2/h6-10H,5H2,1-4H3. The summed E-state index contributed by atoms with van der Waals surface area (Å²) in [6.45, 7) is 2.04. The van der Waals surface area contributed by atoms with Crippen LogP contribution >= 0.6 is 23.5 Å². The molecule has 0 saturated carbocycles. The van der Waals surface area contributed by atoms with Crippen molar-refractivity contribution in [1.29, 1.82) is 0 Å². The van der Waals surface area contributed by atoms with Crippen molar-refractivity contribution in [1.82, 2.24) is 18.7 Å². The van der Waals surface area contributed by atoms with Crippen LogP contribution in [0.25, 0.3) is 33.5 Å². The number of benzene rings is 2. The predicted octanol–water partition coefficient (Wildman–Crippen LogP) is 5.15. The smallest absolute Gasteiger partial charge is 0.327 e. The predicted molar refractivity (Wildman–Crippen MR) is 116 cm³/mol. The summed E-state index contributed by atoms with van der Waals surface area (Å²) in [6.07, 6.45) is 0. The van der Waals surface area contributed by atoms with Crippen molar-refractivity contribution in [3.63, 3.8) is 0 Å². The second-order valence-corrected chi connectivity index (χ2v) is 9.31. The molecule has 0 aliphatic heterocycles. The van der Waals surface area contributed by atoms with E-state index in [0.29, 0.717) is 11.3 Å². The highest BCUT2D eigenvalue weighted by atomic mass is 32.2. The third kappa shape index (κ3) is 3.51. The van der Waals surface area contributed by atoms with Crippen molar-refractivity contribution in [2.75, 3.05) is 5.75 Å². The Hall–Kier alpha value is -2.33. The molecule has 0 radical (unpaired) electrons. The number of rotatable bonds is 4. The molecule has 4 rings (SSSR count). The third-order valence-corrected chi connectivity index (χ3v) is 6.66. The number of alkyl halides is 3. The Morgan fingerprint density at radius 1 is 0.967 bits per heavy atom. The van der Waals surface area contributed by atoms with Gasteiger partial charge < -0.3 is 4.57 Å². The van der Waals surface area contributed by atoms with Gasteiger partial charge in [-0.2, -0.15) is 13.2 Å². The molecule has 0 atom stereocenters. The van der Waals surface area contributed by atoms with Crippen LogP contribution < -0.4 is 5.69 Å². The molecule has 0 N–H and O–H groups in total. The lowest BCUT2D eigenvalue weighted by atomic mass is 10.2. The lowest BCUT2D eigenvalue weighted by molar-refractivity contribution is -0.0328. The van der Waals surface area contributed by atoms with Gasteiger partial charge in [-0.25, -0.2) is 9.78 Å². The van der Waals surface area contributed by atoms with Crippen LogP contribution in [0.5, 0.6) is 0 Å². The summed E-state index contributed by atoms with van der Waals surface area (Å²) < 4.78 is 43.3. The molecule has 0 unspecified atom stereocenters. The van der Waals surface area contributed by atoms with Crippen molar-refractivity contribution in [2.45, 2.75) is 22.2 Å². The van der Waals surface area contributed by atoms with Crippen molar-refractivity contribution in [3.8, 4) is 11.4 Å². The molecule has 2 heterocycles. The van der Waals surface area contributed by atoms with Crippen molar-refractivity contribution in [3.05, 3.63) is 40.8 Å². The highest BCUT2D eigenvalue weighted by molar-refractivity contribution is 8.00. The maximum Gasteiger partial charge on any atom is 0.446 e. The van der Waals surface area contributed by atoms with Crippen LogP contribution in [0.15, 0.2) is 44.9 Å². The van der Waals surface area contributed by atoms with E-state index < -0.39 is 5.51 Å². The Kier molecular flexibility index (Phi) is 5.17. The maximum absolute atomic E-state index is 12.8. The first-order valence-corrected chi connectivity index (χ1v) is 11.0. The van der Waals surface area contributed by atoms with E-state index in [9.17, 15) is 18.0 Å². The second-order valence-electron chi connectivity index (χ2n) is 6.86. The van der Waals surface area contributed by atoms with Gasteiger partial charge in [0, 0.05) is 36.5 Å². The topological polar surface area (TPSA) is 44.8 Å². The molecule has 0 bridgehead atoms. The number of imidazole rings is 2. The van der Waals surface area contributed by atoms with Gasteiger partial charge in [0.1, 0.15) is 5.82 Å². The monoisotopic (exact) mass is 452 g/mol. The first kappa shape index (κ1) is 20.9. The van der Waals surface area contributed by atoms with Gasteiger partial charge in [0.05, 0.1) is 22.1 Å². The van der Waals surface area contributed by atoms with Crippen LogP contribution in [-0.2, 0) is 21.1 Å². The van der Waals surface area contributed by atoms with E-state index in [2.05, 4.69) is 4.98 Å². The molecule has 2 aromatic heterocycles. The van der Waals surface area contributed by atoms with Gasteiger partial charge in [-0.3, -0.25) is 9.13 Å². The summed E-state index contributed by atoms with van der Waals surface area (Å²) >= 11 is 1.49. The zero-order valence-corrected chi connectivity index (χ0v) is 18.4. The van der Waals surface area contributed by atoms with Crippen molar-refractivity contribution in [2.24, 2.45) is 21.1 Å². The number of hydrogen-bond donors (Lipinski definition) is 0. The van der Waals surface area contributed by atoms with E-state index in [1.165, 1.54) is 12.1 Å². The molecule has 0 spiro atoms. The molecule has 30 heavy (non-hydrogen) atoms. The third-order valence-electron chi connectivity index (χ3n) is 5.00. The second kappa shape index (κ2) is 7.42. The Labute approximate surface area is 178 Å². The van der Waals surface area contributed by atoms with Crippen LogP contribution in [0.2, 0.25) is 0 Å². The van der Waals surface area contributed by atoms with Gasteiger partial charge in [0.15, 0.2) is 0 Å². The number of nitrogens with zero attached hydrogens (tertiary/aromatic N) is 4. The summed E-state index contributed by atoms with van der Waals surface area (Å²) in [5.41, 5.74) is -0.780. The van der Waals surface area contributed by atoms with Crippen molar-refractivity contribution < 1.29 is 13.2 Å². The summed E-state index contributed by atoms with van der Waals surface area (Å²) in [7, 11) is 5.30. The normalized spacial score (nSPS) is 12.4. The summed E-state index contributed by atoms with van der Waals surface area (Å²) in [5, 5.41) is 0. The number of halogens is 3. The van der Waals surface area contributed by atoms with E-state index in [1.807, 2.05) is 30.7 Å². The maximum atomic E-state index is 12.8. The average molecular weight is 453 g/mol. The van der Waals surface area contributed by atoms with Crippen LogP contribution in [0, 0.1) is 0 Å². The molecule has 0 aliphatic rings. The fourth-order valence-corrected chi connectivity index (χ4v) is 4.98. The molecular formula is C20H19F3N4OS2. The summed E-state index contributed by atoms with van der Waals surface area (Å²) in [6, 6.07) is 8.48. The first-order chi connectivity index (χ1) is 14.1. The fourth-order valence-electron chi connectivity index (χ4n) is 3.59. The molecular weight excluding hydrogens is 433 g/mol. The number of fused-ring (bicyclic) bond motifs is 2. The Balaban J connectivity index is 1.94. The Morgan fingerprint density at radius 3 is 2.27 bits per heavy atom. The van der Waals surface area contributed by atoms with Crippen LogP contribution in [-0.4, -0.2) is 29.9 Å². The molecule has 10 heteroatoms. The lowest BCUT2D eigenvalue weighted by Crippen LogP contribution is -2.19. The molecule has 5 nitrogen and oxygen atoms in total. The molecule has 0 amide bonds. The first-order valence-electron chi connectivity index (χ1n) is 9.15. The summed E-state index contributed by atoms with van der Waals surface area (Å²) in [4.78, 5) is 18.1. The Bertz CT molecular complexity index is 1330. The molecule has 0 aliphatic carbocycles. The Morgan fingerprint density at radius 2 is 1.63 bits per heavy atom. The average Bonchev–Trinajstić information content (AvgIpc) is 3.10. The van der Waals surface area contributed by atoms with Crippen LogP contribution in [0.3, 0.4) is 0 Å². The highest BCUT2D eigenvalue weighted by Crippen LogP contribution is 2.39.